The molecule has 0 saturated heterocycles. The van der Waals surface area contributed by atoms with E-state index in [2.05, 4.69) is 20.9 Å². The van der Waals surface area contributed by atoms with E-state index in [4.69, 9.17) is 5.26 Å². The van der Waals surface area contributed by atoms with Gasteiger partial charge < -0.3 is 0 Å². The first-order valence-electron chi connectivity index (χ1n) is 2.88. The molecule has 0 saturated carbocycles. The van der Waals surface area contributed by atoms with Gasteiger partial charge in [-0.2, -0.15) is 5.26 Å². The zero-order valence-corrected chi connectivity index (χ0v) is 7.10. The molecule has 1 rings (SSSR count). The van der Waals surface area contributed by atoms with Gasteiger partial charge >= 0.3 is 0 Å². The summed E-state index contributed by atoms with van der Waals surface area (Å²) < 4.78 is 12.8. The van der Waals surface area contributed by atoms with Crippen LogP contribution >= 0.6 is 15.9 Å². The summed E-state index contributed by atoms with van der Waals surface area (Å²) in [6, 6.07) is 2.97. The minimum atomic E-state index is -0.444. The molecule has 4 heteroatoms. The predicted molar refractivity (Wildman–Crippen MR) is 41.5 cm³/mol. The zero-order chi connectivity index (χ0) is 8.27. The van der Waals surface area contributed by atoms with Gasteiger partial charge in [0.15, 0.2) is 0 Å². The molecule has 0 spiro atoms. The highest BCUT2D eigenvalue weighted by Gasteiger charge is 2.02. The fourth-order valence-corrected chi connectivity index (χ4v) is 1.04. The average molecular weight is 215 g/mol. The van der Waals surface area contributed by atoms with Gasteiger partial charge in [-0.15, -0.1) is 0 Å². The summed E-state index contributed by atoms with van der Waals surface area (Å²) in [7, 11) is 0. The van der Waals surface area contributed by atoms with Gasteiger partial charge in [0, 0.05) is 11.5 Å². The minimum Gasteiger partial charge on any atom is -0.256 e. The number of hydrogen-bond acceptors (Lipinski definition) is 2. The van der Waals surface area contributed by atoms with E-state index in [1.807, 2.05) is 0 Å². The maximum absolute atomic E-state index is 12.8. The fourth-order valence-electron chi connectivity index (χ4n) is 0.626. The highest BCUT2D eigenvalue weighted by atomic mass is 79.9. The second kappa shape index (κ2) is 3.44. The van der Waals surface area contributed by atoms with Crippen LogP contribution in [-0.2, 0) is 5.33 Å². The molecule has 11 heavy (non-hydrogen) atoms. The van der Waals surface area contributed by atoms with Gasteiger partial charge in [-0.05, 0) is 6.07 Å². The highest BCUT2D eigenvalue weighted by molar-refractivity contribution is 9.08. The molecule has 0 amide bonds. The first-order chi connectivity index (χ1) is 5.27. The Labute approximate surface area is 71.8 Å². The molecule has 1 aromatic rings. The summed E-state index contributed by atoms with van der Waals surface area (Å²) in [5, 5.41) is 8.72. The number of halogens is 2. The Morgan fingerprint density at radius 1 is 1.73 bits per heavy atom. The van der Waals surface area contributed by atoms with E-state index in [9.17, 15) is 4.39 Å². The standard InChI is InChI=1S/C7H4BrFN2/c8-2-7-6(9)1-5(3-10)4-11-7/h1,4H,2H2. The van der Waals surface area contributed by atoms with Crippen molar-refractivity contribution in [1.82, 2.24) is 4.98 Å². The molecule has 0 unspecified atom stereocenters. The van der Waals surface area contributed by atoms with E-state index >= 15 is 0 Å². The van der Waals surface area contributed by atoms with Crippen LogP contribution in [0.25, 0.3) is 0 Å². The molecule has 2 nitrogen and oxygen atoms in total. The van der Waals surface area contributed by atoms with E-state index in [1.165, 1.54) is 12.3 Å². The number of hydrogen-bond donors (Lipinski definition) is 0. The average Bonchev–Trinajstić information content (AvgIpc) is 2.04. The van der Waals surface area contributed by atoms with Gasteiger partial charge in [-0.1, -0.05) is 15.9 Å². The summed E-state index contributed by atoms with van der Waals surface area (Å²) in [5.74, 6) is -0.444. The third-order valence-corrected chi connectivity index (χ3v) is 1.70. The lowest BCUT2D eigenvalue weighted by Gasteiger charge is -1.95. The van der Waals surface area contributed by atoms with Crippen LogP contribution in [0.15, 0.2) is 12.3 Å². The summed E-state index contributed by atoms with van der Waals surface area (Å²) in [6.45, 7) is 0. The van der Waals surface area contributed by atoms with Crippen LogP contribution in [-0.4, -0.2) is 4.98 Å². The monoisotopic (exact) mass is 214 g/mol. The van der Waals surface area contributed by atoms with Gasteiger partial charge in [-0.3, -0.25) is 4.98 Å². The Morgan fingerprint density at radius 2 is 2.45 bits per heavy atom. The van der Waals surface area contributed by atoms with Crippen LogP contribution in [0.4, 0.5) is 4.39 Å². The van der Waals surface area contributed by atoms with Gasteiger partial charge in [0.1, 0.15) is 11.9 Å². The molecule has 0 fully saturated rings. The van der Waals surface area contributed by atoms with E-state index in [0.717, 1.165) is 0 Å². The number of rotatable bonds is 1. The zero-order valence-electron chi connectivity index (χ0n) is 5.51. The van der Waals surface area contributed by atoms with Crippen LogP contribution in [0.5, 0.6) is 0 Å². The highest BCUT2D eigenvalue weighted by Crippen LogP contribution is 2.09. The molecule has 0 atom stereocenters. The van der Waals surface area contributed by atoms with E-state index < -0.39 is 5.82 Å². The quantitative estimate of drug-likeness (QED) is 0.671. The first kappa shape index (κ1) is 8.15. The summed E-state index contributed by atoms with van der Waals surface area (Å²) in [4.78, 5) is 3.72. The van der Waals surface area contributed by atoms with Crippen molar-refractivity contribution in [1.29, 1.82) is 5.26 Å². The van der Waals surface area contributed by atoms with Crippen molar-refractivity contribution in [3.63, 3.8) is 0 Å². The smallest absolute Gasteiger partial charge is 0.146 e. The molecule has 1 heterocycles. The maximum Gasteiger partial charge on any atom is 0.146 e. The molecule has 0 aliphatic rings. The van der Waals surface area contributed by atoms with Crippen LogP contribution in [0.1, 0.15) is 11.3 Å². The molecule has 0 aliphatic heterocycles. The van der Waals surface area contributed by atoms with Gasteiger partial charge in [0.2, 0.25) is 0 Å². The van der Waals surface area contributed by atoms with Crippen molar-refractivity contribution in [2.45, 2.75) is 5.33 Å². The largest absolute Gasteiger partial charge is 0.256 e. The first-order valence-corrected chi connectivity index (χ1v) is 4.00. The minimum absolute atomic E-state index is 0.243. The number of nitriles is 1. The number of nitrogens with zero attached hydrogens (tertiary/aromatic N) is 2. The number of alkyl halides is 1. The van der Waals surface area contributed by atoms with Crippen molar-refractivity contribution in [3.05, 3.63) is 29.3 Å². The lowest BCUT2D eigenvalue weighted by molar-refractivity contribution is 0.608. The van der Waals surface area contributed by atoms with E-state index in [-0.39, 0.29) is 5.56 Å². The molecular weight excluding hydrogens is 211 g/mol. The van der Waals surface area contributed by atoms with Gasteiger partial charge in [-0.25, -0.2) is 4.39 Å². The summed E-state index contributed by atoms with van der Waals surface area (Å²) in [5.41, 5.74) is 0.566. The van der Waals surface area contributed by atoms with Crippen LogP contribution in [0.3, 0.4) is 0 Å². The normalized spacial score (nSPS) is 9.18. The van der Waals surface area contributed by atoms with Crippen molar-refractivity contribution < 1.29 is 4.39 Å². The molecular formula is C7H4BrFN2. The third-order valence-electron chi connectivity index (χ3n) is 1.17. The molecule has 1 aromatic heterocycles. The molecule has 0 aliphatic carbocycles. The summed E-state index contributed by atoms with van der Waals surface area (Å²) in [6.07, 6.45) is 1.35. The van der Waals surface area contributed by atoms with Crippen molar-refractivity contribution in [2.24, 2.45) is 0 Å². The number of aromatic nitrogens is 1. The van der Waals surface area contributed by atoms with Crippen LogP contribution in [0.2, 0.25) is 0 Å². The second-order valence-electron chi connectivity index (χ2n) is 1.90. The maximum atomic E-state index is 12.8. The van der Waals surface area contributed by atoms with Crippen molar-refractivity contribution >= 4 is 15.9 Å². The SMILES string of the molecule is N#Cc1cnc(CBr)c(F)c1. The van der Waals surface area contributed by atoms with Gasteiger partial charge in [0.05, 0.1) is 11.3 Å². The van der Waals surface area contributed by atoms with E-state index in [1.54, 1.807) is 6.07 Å². The lowest BCUT2D eigenvalue weighted by Crippen LogP contribution is -1.91. The Hall–Kier alpha value is -0.950. The second-order valence-corrected chi connectivity index (χ2v) is 2.46. The molecule has 0 bridgehead atoms. The molecule has 0 aromatic carbocycles. The Morgan fingerprint density at radius 3 is 2.91 bits per heavy atom. The predicted octanol–water partition coefficient (Wildman–Crippen LogP) is 1.99. The third kappa shape index (κ3) is 1.75. The Bertz CT molecular complexity index is 306. The Kier molecular flexibility index (Phi) is 2.55. The Balaban J connectivity index is 3.12. The van der Waals surface area contributed by atoms with Crippen molar-refractivity contribution in [3.8, 4) is 6.07 Å². The summed E-state index contributed by atoms with van der Waals surface area (Å²) >= 11 is 3.07. The molecule has 0 N–H and O–H groups in total. The van der Waals surface area contributed by atoms with Crippen LogP contribution in [0, 0.1) is 17.1 Å². The van der Waals surface area contributed by atoms with Crippen molar-refractivity contribution in [2.75, 3.05) is 0 Å². The van der Waals surface area contributed by atoms with Gasteiger partial charge in [0.25, 0.3) is 0 Å². The topological polar surface area (TPSA) is 36.7 Å². The lowest BCUT2D eigenvalue weighted by atomic mass is 10.3. The fraction of sp³-hybridized carbons (Fsp3) is 0.143. The van der Waals surface area contributed by atoms with Crippen LogP contribution < -0.4 is 0 Å². The van der Waals surface area contributed by atoms with E-state index in [0.29, 0.717) is 11.0 Å². The molecule has 56 valence electrons. The number of pyridine rings is 1. The molecule has 0 radical (unpaired) electrons.